The molecule has 2 aromatic rings. The molecule has 0 radical (unpaired) electrons. The third-order valence-corrected chi connectivity index (χ3v) is 2.42. The lowest BCUT2D eigenvalue weighted by atomic mass is 10.3. The maximum atomic E-state index is 8.62. The Balaban J connectivity index is 2.84. The predicted molar refractivity (Wildman–Crippen MR) is 47.1 cm³/mol. The predicted octanol–water partition coefficient (Wildman–Crippen LogP) is 2.22. The van der Waals surface area contributed by atoms with Gasteiger partial charge in [0, 0.05) is 5.39 Å². The minimum atomic E-state index is 0.245. The van der Waals surface area contributed by atoms with Gasteiger partial charge < -0.3 is 0 Å². The van der Waals surface area contributed by atoms with Crippen molar-refractivity contribution >= 4 is 33.4 Å². The second-order valence-electron chi connectivity index (χ2n) is 2.16. The molecule has 0 bridgehead atoms. The molecule has 2 aromatic heterocycles. The Kier molecular flexibility index (Phi) is 1.68. The summed E-state index contributed by atoms with van der Waals surface area (Å²) in [7, 11) is 0. The molecule has 58 valence electrons. The third-order valence-electron chi connectivity index (χ3n) is 1.42. The van der Waals surface area contributed by atoms with Crippen LogP contribution in [0.4, 0.5) is 0 Å². The van der Waals surface area contributed by atoms with Crippen LogP contribution in [0.1, 0.15) is 5.56 Å². The van der Waals surface area contributed by atoms with E-state index in [0.717, 1.165) is 10.2 Å². The lowest BCUT2D eigenvalue weighted by Crippen LogP contribution is -1.80. The summed E-state index contributed by atoms with van der Waals surface area (Å²) in [5.41, 5.74) is 0.393. The highest BCUT2D eigenvalue weighted by molar-refractivity contribution is 7.12. The molecule has 0 saturated heterocycles. The van der Waals surface area contributed by atoms with Crippen molar-refractivity contribution in [3.05, 3.63) is 23.0 Å². The van der Waals surface area contributed by atoms with Gasteiger partial charge in [0.25, 0.3) is 0 Å². The Morgan fingerprint density at radius 1 is 1.58 bits per heavy atom. The molecule has 0 aliphatic heterocycles. The van der Waals surface area contributed by atoms with Crippen molar-refractivity contribution in [3.8, 4) is 6.07 Å². The first-order valence-corrected chi connectivity index (χ1v) is 4.27. The summed E-state index contributed by atoms with van der Waals surface area (Å²) in [6.45, 7) is 0. The number of fused-ring (bicyclic) bond motifs is 1. The first-order chi connectivity index (χ1) is 5.81. The standard InChI is InChI=1S/C7H2ClN3S/c8-6-4(2-9)1-5-3-10-12-7(5)11-6/h1,3H. The van der Waals surface area contributed by atoms with Gasteiger partial charge in [0.2, 0.25) is 0 Å². The normalized spacial score (nSPS) is 10.0. The summed E-state index contributed by atoms with van der Waals surface area (Å²) in [6.07, 6.45) is 1.67. The van der Waals surface area contributed by atoms with Crippen molar-refractivity contribution in [2.45, 2.75) is 0 Å². The van der Waals surface area contributed by atoms with Gasteiger partial charge in [0.15, 0.2) is 0 Å². The van der Waals surface area contributed by atoms with Gasteiger partial charge in [-0.3, -0.25) is 0 Å². The zero-order chi connectivity index (χ0) is 8.55. The van der Waals surface area contributed by atoms with Crippen LogP contribution in [0, 0.1) is 11.3 Å². The summed E-state index contributed by atoms with van der Waals surface area (Å²) in [4.78, 5) is 4.77. The second kappa shape index (κ2) is 2.70. The van der Waals surface area contributed by atoms with E-state index in [4.69, 9.17) is 16.9 Å². The number of halogens is 1. The molecule has 0 amide bonds. The van der Waals surface area contributed by atoms with E-state index in [9.17, 15) is 0 Å². The smallest absolute Gasteiger partial charge is 0.148 e. The van der Waals surface area contributed by atoms with Crippen LogP contribution in [-0.4, -0.2) is 9.36 Å². The topological polar surface area (TPSA) is 49.6 Å². The maximum absolute atomic E-state index is 8.62. The first kappa shape index (κ1) is 7.47. The summed E-state index contributed by atoms with van der Waals surface area (Å²) in [6, 6.07) is 3.65. The molecule has 0 aliphatic rings. The van der Waals surface area contributed by atoms with E-state index in [1.54, 1.807) is 12.3 Å². The van der Waals surface area contributed by atoms with Gasteiger partial charge in [-0.1, -0.05) is 11.6 Å². The van der Waals surface area contributed by atoms with E-state index >= 15 is 0 Å². The minimum Gasteiger partial charge on any atom is -0.222 e. The van der Waals surface area contributed by atoms with Gasteiger partial charge in [0.1, 0.15) is 16.1 Å². The van der Waals surface area contributed by atoms with E-state index in [1.807, 2.05) is 6.07 Å². The molecule has 0 aromatic carbocycles. The molecule has 0 fully saturated rings. The van der Waals surface area contributed by atoms with Crippen LogP contribution < -0.4 is 0 Å². The van der Waals surface area contributed by atoms with E-state index < -0.39 is 0 Å². The fourth-order valence-electron chi connectivity index (χ4n) is 0.868. The first-order valence-electron chi connectivity index (χ1n) is 3.12. The SMILES string of the molecule is N#Cc1cc2cnsc2nc1Cl. The number of pyridine rings is 1. The summed E-state index contributed by atoms with van der Waals surface area (Å²) < 4.78 is 3.93. The molecule has 0 saturated carbocycles. The van der Waals surface area contributed by atoms with Gasteiger partial charge in [-0.2, -0.15) is 9.64 Å². The number of rotatable bonds is 0. The van der Waals surface area contributed by atoms with E-state index in [0.29, 0.717) is 5.56 Å². The highest BCUT2D eigenvalue weighted by atomic mass is 35.5. The summed E-state index contributed by atoms with van der Waals surface area (Å²) >= 11 is 6.97. The van der Waals surface area contributed by atoms with Gasteiger partial charge >= 0.3 is 0 Å². The maximum Gasteiger partial charge on any atom is 0.148 e. The lowest BCUT2D eigenvalue weighted by Gasteiger charge is -1.91. The van der Waals surface area contributed by atoms with Gasteiger partial charge in [-0.15, -0.1) is 0 Å². The van der Waals surface area contributed by atoms with Crippen molar-refractivity contribution in [1.82, 2.24) is 9.36 Å². The molecular weight excluding hydrogens is 194 g/mol. The minimum absolute atomic E-state index is 0.245. The van der Waals surface area contributed by atoms with E-state index in [2.05, 4.69) is 9.36 Å². The van der Waals surface area contributed by atoms with Crippen molar-refractivity contribution in [2.24, 2.45) is 0 Å². The van der Waals surface area contributed by atoms with Crippen LogP contribution >= 0.6 is 23.1 Å². The van der Waals surface area contributed by atoms with Crippen LogP contribution in [0.5, 0.6) is 0 Å². The van der Waals surface area contributed by atoms with Crippen LogP contribution in [0.2, 0.25) is 5.15 Å². The highest BCUT2D eigenvalue weighted by Gasteiger charge is 2.04. The molecular formula is C7H2ClN3S. The van der Waals surface area contributed by atoms with E-state index in [1.165, 1.54) is 11.5 Å². The van der Waals surface area contributed by atoms with Crippen LogP contribution in [0.15, 0.2) is 12.3 Å². The highest BCUT2D eigenvalue weighted by Crippen LogP contribution is 2.21. The number of hydrogen-bond acceptors (Lipinski definition) is 4. The summed E-state index contributed by atoms with van der Waals surface area (Å²) in [5.74, 6) is 0. The Morgan fingerprint density at radius 2 is 2.42 bits per heavy atom. The van der Waals surface area contributed by atoms with Crippen molar-refractivity contribution < 1.29 is 0 Å². The Morgan fingerprint density at radius 3 is 3.17 bits per heavy atom. The van der Waals surface area contributed by atoms with Gasteiger partial charge in [-0.05, 0) is 17.6 Å². The number of nitriles is 1. The Labute approximate surface area is 77.4 Å². The molecule has 0 spiro atoms. The average molecular weight is 196 g/mol. The third kappa shape index (κ3) is 1.04. The number of hydrogen-bond donors (Lipinski definition) is 0. The van der Waals surface area contributed by atoms with Crippen LogP contribution in [0.3, 0.4) is 0 Å². The molecule has 2 rings (SSSR count). The molecule has 3 nitrogen and oxygen atoms in total. The van der Waals surface area contributed by atoms with E-state index in [-0.39, 0.29) is 5.15 Å². The Hall–Kier alpha value is -1.18. The fourth-order valence-corrected chi connectivity index (χ4v) is 1.71. The number of aromatic nitrogens is 2. The lowest BCUT2D eigenvalue weighted by molar-refractivity contribution is 1.39. The van der Waals surface area contributed by atoms with Crippen molar-refractivity contribution in [1.29, 1.82) is 5.26 Å². The molecule has 0 atom stereocenters. The van der Waals surface area contributed by atoms with Gasteiger partial charge in [0.05, 0.1) is 11.8 Å². The number of nitrogens with zero attached hydrogens (tertiary/aromatic N) is 3. The second-order valence-corrected chi connectivity index (χ2v) is 3.30. The Bertz CT molecular complexity index is 471. The van der Waals surface area contributed by atoms with Crippen molar-refractivity contribution in [2.75, 3.05) is 0 Å². The zero-order valence-electron chi connectivity index (χ0n) is 5.78. The molecule has 0 N–H and O–H groups in total. The molecule has 2 heterocycles. The monoisotopic (exact) mass is 195 g/mol. The van der Waals surface area contributed by atoms with Crippen LogP contribution in [0.25, 0.3) is 10.2 Å². The largest absolute Gasteiger partial charge is 0.222 e. The zero-order valence-corrected chi connectivity index (χ0v) is 7.35. The molecule has 12 heavy (non-hydrogen) atoms. The van der Waals surface area contributed by atoms with Crippen molar-refractivity contribution in [3.63, 3.8) is 0 Å². The van der Waals surface area contributed by atoms with Gasteiger partial charge in [-0.25, -0.2) is 4.98 Å². The van der Waals surface area contributed by atoms with Crippen LogP contribution in [-0.2, 0) is 0 Å². The quantitative estimate of drug-likeness (QED) is 0.606. The fraction of sp³-hybridized carbons (Fsp3) is 0. The molecule has 0 aliphatic carbocycles. The molecule has 0 unspecified atom stereocenters. The summed E-state index contributed by atoms with van der Waals surface area (Å²) in [5, 5.41) is 9.73. The molecule has 5 heteroatoms. The average Bonchev–Trinajstić information content (AvgIpc) is 2.49.